The Morgan fingerprint density at radius 3 is 2.48 bits per heavy atom. The molecule has 0 radical (unpaired) electrons. The third kappa shape index (κ3) is 3.12. The predicted octanol–water partition coefficient (Wildman–Crippen LogP) is 2.35. The summed E-state index contributed by atoms with van der Waals surface area (Å²) in [4.78, 5) is 27.7. The highest BCUT2D eigenvalue weighted by molar-refractivity contribution is 6.52. The van der Waals surface area contributed by atoms with Crippen molar-refractivity contribution in [1.29, 1.82) is 0 Å². The largest absolute Gasteiger partial charge is 0.486 e. The number of hydrogen-bond acceptors (Lipinski definition) is 5. The third-order valence-corrected chi connectivity index (χ3v) is 4.47. The molecule has 0 spiro atoms. The zero-order valence-corrected chi connectivity index (χ0v) is 14.5. The first-order valence-electron chi connectivity index (χ1n) is 8.36. The van der Waals surface area contributed by atoms with Gasteiger partial charge in [0.25, 0.3) is 5.78 Å². The van der Waals surface area contributed by atoms with E-state index in [0.29, 0.717) is 36.0 Å². The molecule has 0 aliphatic carbocycles. The molecule has 0 fully saturated rings. The van der Waals surface area contributed by atoms with Gasteiger partial charge in [-0.15, -0.1) is 0 Å². The Balaban J connectivity index is 1.57. The molecular weight excluding hydrogens is 358 g/mol. The van der Waals surface area contributed by atoms with Crippen molar-refractivity contribution < 1.29 is 27.8 Å². The van der Waals surface area contributed by atoms with E-state index in [2.05, 4.69) is 0 Å². The Bertz CT molecular complexity index is 948. The first-order chi connectivity index (χ1) is 12.9. The average molecular weight is 374 g/mol. The van der Waals surface area contributed by atoms with Gasteiger partial charge in [-0.1, -0.05) is 6.07 Å². The second-order valence-electron chi connectivity index (χ2n) is 6.47. The molecule has 2 aromatic rings. The molecule has 6 nitrogen and oxygen atoms in total. The maximum absolute atomic E-state index is 13.9. The monoisotopic (exact) mass is 374 g/mol. The van der Waals surface area contributed by atoms with Gasteiger partial charge >= 0.3 is 5.91 Å². The molecule has 0 aromatic heterocycles. The Hall–Kier alpha value is -3.00. The van der Waals surface area contributed by atoms with Crippen molar-refractivity contribution in [3.63, 3.8) is 0 Å². The number of fused-ring (bicyclic) bond motifs is 2. The zero-order chi connectivity index (χ0) is 19.1. The van der Waals surface area contributed by atoms with Crippen molar-refractivity contribution in [3.05, 3.63) is 53.1 Å². The van der Waals surface area contributed by atoms with Crippen molar-refractivity contribution in [2.45, 2.75) is 6.54 Å². The summed E-state index contributed by atoms with van der Waals surface area (Å²) >= 11 is 0. The second kappa shape index (κ2) is 6.62. The van der Waals surface area contributed by atoms with Crippen molar-refractivity contribution in [2.24, 2.45) is 0 Å². The molecule has 2 heterocycles. The number of Topliss-reactive ketones (excluding diaryl/α,β-unsaturated/α-hetero) is 1. The molecular formula is C19H16F2N2O4. The summed E-state index contributed by atoms with van der Waals surface area (Å²) in [5.74, 6) is -1.70. The van der Waals surface area contributed by atoms with Crippen molar-refractivity contribution in [3.8, 4) is 11.5 Å². The lowest BCUT2D eigenvalue weighted by Gasteiger charge is -2.25. The van der Waals surface area contributed by atoms with Crippen LogP contribution >= 0.6 is 0 Å². The van der Waals surface area contributed by atoms with E-state index >= 15 is 0 Å². The van der Waals surface area contributed by atoms with E-state index in [-0.39, 0.29) is 18.8 Å². The fraction of sp³-hybridized carbons (Fsp3) is 0.263. The van der Waals surface area contributed by atoms with Crippen LogP contribution in [0, 0.1) is 11.6 Å². The van der Waals surface area contributed by atoms with E-state index in [1.54, 1.807) is 18.0 Å². The highest BCUT2D eigenvalue weighted by Gasteiger charge is 2.38. The molecule has 1 amide bonds. The Labute approximate surface area is 153 Å². The quantitative estimate of drug-likeness (QED) is 0.769. The molecule has 0 saturated heterocycles. The number of nitrogens with zero attached hydrogens (tertiary/aromatic N) is 2. The minimum atomic E-state index is -0.668. The molecule has 2 aliphatic heterocycles. The highest BCUT2D eigenvalue weighted by atomic mass is 19.1. The van der Waals surface area contributed by atoms with Crippen molar-refractivity contribution in [1.82, 2.24) is 4.90 Å². The lowest BCUT2D eigenvalue weighted by Crippen LogP contribution is -2.39. The van der Waals surface area contributed by atoms with Crippen molar-refractivity contribution in [2.75, 3.05) is 31.8 Å². The minimum Gasteiger partial charge on any atom is -0.486 e. The second-order valence-corrected chi connectivity index (χ2v) is 6.47. The lowest BCUT2D eigenvalue weighted by atomic mass is 10.1. The van der Waals surface area contributed by atoms with Crippen LogP contribution in [0.1, 0.15) is 15.9 Å². The number of carbonyl (C=O) groups excluding carboxylic acids is 2. The van der Waals surface area contributed by atoms with Gasteiger partial charge in [-0.25, -0.2) is 8.78 Å². The zero-order valence-electron chi connectivity index (χ0n) is 14.5. The number of carbonyl (C=O) groups is 2. The van der Waals surface area contributed by atoms with Crippen LogP contribution in [0.5, 0.6) is 11.5 Å². The summed E-state index contributed by atoms with van der Waals surface area (Å²) in [5.41, 5.74) is 0.977. The van der Waals surface area contributed by atoms with Crippen LogP contribution in [0.15, 0.2) is 30.3 Å². The van der Waals surface area contributed by atoms with Gasteiger partial charge in [0.15, 0.2) is 11.5 Å². The molecule has 0 N–H and O–H groups in total. The smallest absolute Gasteiger partial charge is 0.300 e. The summed E-state index contributed by atoms with van der Waals surface area (Å²) in [5, 5.41) is 0. The topological polar surface area (TPSA) is 59.1 Å². The number of ketones is 1. The van der Waals surface area contributed by atoms with E-state index in [4.69, 9.17) is 9.47 Å². The highest BCUT2D eigenvalue weighted by Crippen LogP contribution is 2.40. The molecule has 0 unspecified atom stereocenters. The van der Waals surface area contributed by atoms with Crippen LogP contribution in [0.25, 0.3) is 0 Å². The molecule has 0 bridgehead atoms. The average Bonchev–Trinajstić information content (AvgIpc) is 2.87. The Morgan fingerprint density at radius 2 is 1.78 bits per heavy atom. The van der Waals surface area contributed by atoms with E-state index in [0.717, 1.165) is 6.07 Å². The van der Waals surface area contributed by atoms with Crippen LogP contribution in [-0.4, -0.2) is 43.5 Å². The van der Waals surface area contributed by atoms with Crippen LogP contribution in [0.3, 0.4) is 0 Å². The first kappa shape index (κ1) is 17.4. The molecule has 0 atom stereocenters. The third-order valence-electron chi connectivity index (χ3n) is 4.47. The summed E-state index contributed by atoms with van der Waals surface area (Å²) < 4.78 is 37.9. The van der Waals surface area contributed by atoms with Crippen LogP contribution in [0.2, 0.25) is 0 Å². The SMILES string of the molecule is CN(Cc1ccc(F)cc1F)CN1C(=O)C(=O)c2cc3c(cc21)OCCO3. The lowest BCUT2D eigenvalue weighted by molar-refractivity contribution is -0.114. The number of amides is 1. The Kier molecular flexibility index (Phi) is 4.27. The number of ether oxygens (including phenoxy) is 2. The van der Waals surface area contributed by atoms with Gasteiger partial charge in [0, 0.05) is 24.2 Å². The van der Waals surface area contributed by atoms with Crippen LogP contribution in [0.4, 0.5) is 14.5 Å². The van der Waals surface area contributed by atoms with Gasteiger partial charge in [-0.05, 0) is 19.2 Å². The molecule has 140 valence electrons. The minimum absolute atomic E-state index is 0.0635. The molecule has 27 heavy (non-hydrogen) atoms. The number of benzene rings is 2. The molecule has 2 aromatic carbocycles. The van der Waals surface area contributed by atoms with Crippen LogP contribution in [-0.2, 0) is 11.3 Å². The summed E-state index contributed by atoms with van der Waals surface area (Å²) in [6.45, 7) is 0.971. The maximum atomic E-state index is 13.9. The number of anilines is 1. The normalized spacial score (nSPS) is 15.5. The molecule has 2 aliphatic rings. The number of hydrogen-bond donors (Lipinski definition) is 0. The van der Waals surface area contributed by atoms with Gasteiger partial charge in [-0.3, -0.25) is 19.4 Å². The fourth-order valence-corrected chi connectivity index (χ4v) is 3.20. The van der Waals surface area contributed by atoms with E-state index in [1.807, 2.05) is 0 Å². The fourth-order valence-electron chi connectivity index (χ4n) is 3.20. The maximum Gasteiger partial charge on any atom is 0.300 e. The van der Waals surface area contributed by atoms with E-state index in [9.17, 15) is 18.4 Å². The van der Waals surface area contributed by atoms with Gasteiger partial charge in [0.05, 0.1) is 17.9 Å². The number of rotatable bonds is 4. The van der Waals surface area contributed by atoms with E-state index in [1.165, 1.54) is 23.1 Å². The number of halogens is 2. The summed E-state index contributed by atoms with van der Waals surface area (Å²) in [7, 11) is 1.68. The van der Waals surface area contributed by atoms with Gasteiger partial charge in [-0.2, -0.15) is 0 Å². The predicted molar refractivity (Wildman–Crippen MR) is 91.9 cm³/mol. The summed E-state index contributed by atoms with van der Waals surface area (Å²) in [6.07, 6.45) is 0. The molecule has 0 saturated carbocycles. The Morgan fingerprint density at radius 1 is 1.07 bits per heavy atom. The molecule has 4 rings (SSSR count). The standard InChI is InChI=1S/C19H16F2N2O4/c1-22(9-11-2-3-12(20)6-14(11)21)10-23-15-8-17-16(26-4-5-27-17)7-13(15)18(24)19(23)25/h2-3,6-8H,4-5,9-10H2,1H3. The van der Waals surface area contributed by atoms with Gasteiger partial charge < -0.3 is 9.47 Å². The van der Waals surface area contributed by atoms with Gasteiger partial charge in [0.2, 0.25) is 0 Å². The molecule has 8 heteroatoms. The summed E-state index contributed by atoms with van der Waals surface area (Å²) in [6, 6.07) is 6.47. The first-order valence-corrected chi connectivity index (χ1v) is 8.36. The van der Waals surface area contributed by atoms with E-state index < -0.39 is 23.3 Å². The van der Waals surface area contributed by atoms with Gasteiger partial charge in [0.1, 0.15) is 24.8 Å². The van der Waals surface area contributed by atoms with Crippen LogP contribution < -0.4 is 14.4 Å². The van der Waals surface area contributed by atoms with Crippen molar-refractivity contribution >= 4 is 17.4 Å².